The molecule has 4 nitrogen and oxygen atoms in total. The van der Waals surface area contributed by atoms with E-state index in [2.05, 4.69) is 0 Å². The Labute approximate surface area is 89.3 Å². The monoisotopic (exact) mass is 211 g/mol. The molecule has 2 aliphatic rings. The Morgan fingerprint density at radius 3 is 2.20 bits per heavy atom. The lowest BCUT2D eigenvalue weighted by atomic mass is 9.83. The van der Waals surface area contributed by atoms with E-state index in [0.29, 0.717) is 17.8 Å². The fraction of sp³-hybridized carbons (Fsp3) is 0.818. The van der Waals surface area contributed by atoms with Gasteiger partial charge in [0.1, 0.15) is 0 Å². The van der Waals surface area contributed by atoms with Crippen LogP contribution in [0.2, 0.25) is 0 Å². The number of likely N-dealkylation sites (tertiary alicyclic amines) is 1. The highest BCUT2D eigenvalue weighted by Crippen LogP contribution is 2.43. The van der Waals surface area contributed by atoms with Gasteiger partial charge in [-0.05, 0) is 30.6 Å². The van der Waals surface area contributed by atoms with Crippen molar-refractivity contribution in [2.24, 2.45) is 17.8 Å². The number of piperidine rings is 1. The van der Waals surface area contributed by atoms with E-state index in [4.69, 9.17) is 5.11 Å². The molecule has 2 rings (SSSR count). The highest BCUT2D eigenvalue weighted by molar-refractivity contribution is 5.73. The van der Waals surface area contributed by atoms with Gasteiger partial charge in [-0.3, -0.25) is 9.59 Å². The number of carboxylic acids is 1. The van der Waals surface area contributed by atoms with Gasteiger partial charge in [0.2, 0.25) is 5.91 Å². The molecule has 1 saturated carbocycles. The van der Waals surface area contributed by atoms with Crippen LogP contribution in [0.1, 0.15) is 26.2 Å². The maximum atomic E-state index is 11.3. The molecule has 1 amide bonds. The van der Waals surface area contributed by atoms with Crippen molar-refractivity contribution in [1.29, 1.82) is 0 Å². The Hall–Kier alpha value is -1.06. The number of hydrogen-bond donors (Lipinski definition) is 1. The van der Waals surface area contributed by atoms with Crippen molar-refractivity contribution in [3.63, 3.8) is 0 Å². The van der Waals surface area contributed by atoms with Gasteiger partial charge >= 0.3 is 5.97 Å². The van der Waals surface area contributed by atoms with Crippen LogP contribution >= 0.6 is 0 Å². The summed E-state index contributed by atoms with van der Waals surface area (Å²) in [4.78, 5) is 23.9. The summed E-state index contributed by atoms with van der Waals surface area (Å²) < 4.78 is 0. The number of fused-ring (bicyclic) bond motifs is 2. The minimum Gasteiger partial charge on any atom is -0.481 e. The lowest BCUT2D eigenvalue weighted by molar-refractivity contribution is -0.140. The van der Waals surface area contributed by atoms with Crippen molar-refractivity contribution in [3.05, 3.63) is 0 Å². The Morgan fingerprint density at radius 1 is 1.27 bits per heavy atom. The fourth-order valence-corrected chi connectivity index (χ4v) is 3.13. The second-order valence-corrected chi connectivity index (χ2v) is 4.78. The van der Waals surface area contributed by atoms with Gasteiger partial charge in [0, 0.05) is 26.4 Å². The Balaban J connectivity index is 2.03. The number of nitrogens with zero attached hydrogens (tertiary/aromatic N) is 1. The molecule has 1 saturated heterocycles. The second kappa shape index (κ2) is 3.83. The molecule has 4 heteroatoms. The molecule has 1 heterocycles. The van der Waals surface area contributed by atoms with E-state index in [1.165, 1.54) is 0 Å². The van der Waals surface area contributed by atoms with Gasteiger partial charge in [0.15, 0.2) is 0 Å². The number of rotatable bonds is 2. The van der Waals surface area contributed by atoms with Crippen LogP contribution in [0.15, 0.2) is 0 Å². The first-order valence-electron chi connectivity index (χ1n) is 5.55. The third-order valence-electron chi connectivity index (χ3n) is 3.88. The lowest BCUT2D eigenvalue weighted by Gasteiger charge is -2.36. The summed E-state index contributed by atoms with van der Waals surface area (Å²) in [7, 11) is 0. The van der Waals surface area contributed by atoms with Crippen LogP contribution in [0.5, 0.6) is 0 Å². The zero-order chi connectivity index (χ0) is 11.0. The highest BCUT2D eigenvalue weighted by Gasteiger charge is 2.43. The summed E-state index contributed by atoms with van der Waals surface area (Å²) in [5.74, 6) is 0.569. The molecule has 0 aromatic heterocycles. The highest BCUT2D eigenvalue weighted by atomic mass is 16.4. The molecule has 2 atom stereocenters. The van der Waals surface area contributed by atoms with E-state index < -0.39 is 5.97 Å². The van der Waals surface area contributed by atoms with Gasteiger partial charge in [-0.25, -0.2) is 0 Å². The van der Waals surface area contributed by atoms with Gasteiger partial charge < -0.3 is 10.0 Å². The third kappa shape index (κ3) is 1.98. The zero-order valence-electron chi connectivity index (χ0n) is 8.98. The Bertz CT molecular complexity index is 276. The van der Waals surface area contributed by atoms with Gasteiger partial charge in [0.25, 0.3) is 0 Å². The molecule has 1 aliphatic heterocycles. The minimum atomic E-state index is -0.701. The Morgan fingerprint density at radius 2 is 1.80 bits per heavy atom. The molecule has 84 valence electrons. The maximum Gasteiger partial charge on any atom is 0.303 e. The molecule has 1 aliphatic carbocycles. The molecule has 2 bridgehead atoms. The van der Waals surface area contributed by atoms with E-state index in [0.717, 1.165) is 25.9 Å². The number of carboxylic acid groups (broad SMARTS) is 1. The third-order valence-corrected chi connectivity index (χ3v) is 3.88. The Kier molecular flexibility index (Phi) is 2.67. The summed E-state index contributed by atoms with van der Waals surface area (Å²) in [6.45, 7) is 3.13. The van der Waals surface area contributed by atoms with Crippen LogP contribution < -0.4 is 0 Å². The molecule has 15 heavy (non-hydrogen) atoms. The number of aliphatic carboxylic acids is 1. The van der Waals surface area contributed by atoms with Crippen molar-refractivity contribution in [2.75, 3.05) is 13.1 Å². The van der Waals surface area contributed by atoms with E-state index in [1.807, 2.05) is 4.90 Å². The topological polar surface area (TPSA) is 57.6 Å². The maximum absolute atomic E-state index is 11.3. The fourth-order valence-electron chi connectivity index (χ4n) is 3.13. The van der Waals surface area contributed by atoms with Crippen molar-refractivity contribution >= 4 is 11.9 Å². The van der Waals surface area contributed by atoms with Gasteiger partial charge in [-0.1, -0.05) is 0 Å². The summed E-state index contributed by atoms with van der Waals surface area (Å²) in [6.07, 6.45) is 2.46. The molecular weight excluding hydrogens is 194 g/mol. The first-order chi connectivity index (χ1) is 7.08. The predicted molar refractivity (Wildman–Crippen MR) is 54.2 cm³/mol. The van der Waals surface area contributed by atoms with Crippen LogP contribution in [0.4, 0.5) is 0 Å². The molecule has 0 spiro atoms. The van der Waals surface area contributed by atoms with Crippen LogP contribution in [0, 0.1) is 17.8 Å². The van der Waals surface area contributed by atoms with Crippen LogP contribution in [0.25, 0.3) is 0 Å². The number of amides is 1. The average molecular weight is 211 g/mol. The SMILES string of the molecule is CC(=O)N1CC2CCC(C1)C2CC(=O)O. The van der Waals surface area contributed by atoms with Crippen molar-refractivity contribution in [3.8, 4) is 0 Å². The molecule has 1 N–H and O–H groups in total. The van der Waals surface area contributed by atoms with Gasteiger partial charge in [0.05, 0.1) is 0 Å². The summed E-state index contributed by atoms with van der Waals surface area (Å²) in [5.41, 5.74) is 0. The number of hydrogen-bond acceptors (Lipinski definition) is 2. The van der Waals surface area contributed by atoms with E-state index in [9.17, 15) is 9.59 Å². The molecule has 2 fully saturated rings. The van der Waals surface area contributed by atoms with Crippen molar-refractivity contribution in [2.45, 2.75) is 26.2 Å². The molecule has 0 aromatic carbocycles. The molecule has 2 unspecified atom stereocenters. The molecular formula is C11H17NO3. The van der Waals surface area contributed by atoms with Crippen LogP contribution in [0.3, 0.4) is 0 Å². The standard InChI is InChI=1S/C11H17NO3/c1-7(13)12-5-8-2-3-9(6-12)10(8)4-11(14)15/h8-10H,2-6H2,1H3,(H,14,15). The van der Waals surface area contributed by atoms with Crippen molar-refractivity contribution < 1.29 is 14.7 Å². The van der Waals surface area contributed by atoms with Gasteiger partial charge in [-0.15, -0.1) is 0 Å². The summed E-state index contributed by atoms with van der Waals surface area (Å²) in [6, 6.07) is 0. The van der Waals surface area contributed by atoms with E-state index >= 15 is 0 Å². The van der Waals surface area contributed by atoms with E-state index in [1.54, 1.807) is 6.92 Å². The first-order valence-corrected chi connectivity index (χ1v) is 5.55. The van der Waals surface area contributed by atoms with Crippen molar-refractivity contribution in [1.82, 2.24) is 4.90 Å². The first kappa shape index (κ1) is 10.5. The average Bonchev–Trinajstić information content (AvgIpc) is 2.40. The quantitative estimate of drug-likeness (QED) is 0.740. The molecule has 0 aromatic rings. The zero-order valence-corrected chi connectivity index (χ0v) is 8.98. The van der Waals surface area contributed by atoms with Crippen LogP contribution in [-0.2, 0) is 9.59 Å². The second-order valence-electron chi connectivity index (χ2n) is 4.78. The number of carbonyl (C=O) groups is 2. The van der Waals surface area contributed by atoms with E-state index in [-0.39, 0.29) is 12.3 Å². The minimum absolute atomic E-state index is 0.126. The molecule has 0 radical (unpaired) electrons. The summed E-state index contributed by atoms with van der Waals surface area (Å²) in [5, 5.41) is 8.82. The number of carbonyl (C=O) groups excluding carboxylic acids is 1. The van der Waals surface area contributed by atoms with Crippen LogP contribution in [-0.4, -0.2) is 35.0 Å². The lowest BCUT2D eigenvalue weighted by Crippen LogP contribution is -2.44. The largest absolute Gasteiger partial charge is 0.481 e. The smallest absolute Gasteiger partial charge is 0.303 e. The summed E-state index contributed by atoms with van der Waals surface area (Å²) >= 11 is 0. The predicted octanol–water partition coefficient (Wildman–Crippen LogP) is 0.966. The van der Waals surface area contributed by atoms with Gasteiger partial charge in [-0.2, -0.15) is 0 Å². The normalized spacial score (nSPS) is 34.2.